The van der Waals surface area contributed by atoms with Gasteiger partial charge >= 0.3 is 0 Å². The highest BCUT2D eigenvalue weighted by Gasteiger charge is 2.25. The molecule has 5 rings (SSSR count). The summed E-state index contributed by atoms with van der Waals surface area (Å²) in [6, 6.07) is 14.9. The van der Waals surface area contributed by atoms with Crippen LogP contribution in [0, 0.1) is 0 Å². The van der Waals surface area contributed by atoms with Gasteiger partial charge in [0.25, 0.3) is 11.5 Å². The Balaban J connectivity index is 1.10. The topological polar surface area (TPSA) is 87.3 Å². The molecule has 1 amide bonds. The molecule has 0 bridgehead atoms. The van der Waals surface area contributed by atoms with E-state index in [9.17, 15) is 9.59 Å². The van der Waals surface area contributed by atoms with Gasteiger partial charge < -0.3 is 23.9 Å². The van der Waals surface area contributed by atoms with Crippen molar-refractivity contribution in [2.75, 3.05) is 75.8 Å². The average molecular weight is 507 g/mol. The molecule has 1 aromatic carbocycles. The molecule has 196 valence electrons. The molecule has 0 atom stereocenters. The van der Waals surface area contributed by atoms with Crippen molar-refractivity contribution in [3.05, 3.63) is 70.9 Å². The lowest BCUT2D eigenvalue weighted by molar-refractivity contribution is 0.0714. The van der Waals surface area contributed by atoms with Crippen molar-refractivity contribution in [1.82, 2.24) is 19.6 Å². The third-order valence-electron chi connectivity index (χ3n) is 7.12. The van der Waals surface area contributed by atoms with E-state index in [1.165, 1.54) is 6.26 Å². The van der Waals surface area contributed by atoms with Gasteiger partial charge in [0.1, 0.15) is 11.6 Å². The average Bonchev–Trinajstić information content (AvgIpc) is 3.49. The summed E-state index contributed by atoms with van der Waals surface area (Å²) in [6.45, 7) is 7.83. The quantitative estimate of drug-likeness (QED) is 0.459. The molecule has 0 spiro atoms. The van der Waals surface area contributed by atoms with Crippen LogP contribution in [0.15, 0.2) is 64.0 Å². The summed E-state index contributed by atoms with van der Waals surface area (Å²) in [5, 5.41) is 4.64. The molecule has 3 aromatic rings. The van der Waals surface area contributed by atoms with Crippen molar-refractivity contribution in [2.45, 2.75) is 13.0 Å². The summed E-state index contributed by atoms with van der Waals surface area (Å²) < 4.78 is 12.3. The lowest BCUT2D eigenvalue weighted by Crippen LogP contribution is -2.49. The predicted molar refractivity (Wildman–Crippen MR) is 142 cm³/mol. The van der Waals surface area contributed by atoms with E-state index in [4.69, 9.17) is 9.15 Å². The van der Waals surface area contributed by atoms with Crippen LogP contribution >= 0.6 is 0 Å². The summed E-state index contributed by atoms with van der Waals surface area (Å²) in [5.74, 6) is 1.95. The summed E-state index contributed by atoms with van der Waals surface area (Å²) in [7, 11) is 1.71. The number of methoxy groups -OCH3 is 1. The number of hydrogen-bond acceptors (Lipinski definition) is 8. The molecule has 0 saturated carbocycles. The molecule has 0 radical (unpaired) electrons. The molecule has 37 heavy (non-hydrogen) atoms. The SMILES string of the molecule is COc1ccccc1N1CCN(CCCn2nc(N3CCN(C(=O)c4ccco4)CC3)ccc2=O)CC1. The van der Waals surface area contributed by atoms with Gasteiger partial charge in [0.15, 0.2) is 5.76 Å². The number of anilines is 2. The number of rotatable bonds is 8. The van der Waals surface area contributed by atoms with E-state index in [2.05, 4.69) is 25.9 Å². The second kappa shape index (κ2) is 11.5. The fourth-order valence-corrected chi connectivity index (χ4v) is 5.01. The Morgan fingerprint density at radius 3 is 2.38 bits per heavy atom. The lowest BCUT2D eigenvalue weighted by atomic mass is 10.2. The van der Waals surface area contributed by atoms with Crippen molar-refractivity contribution in [1.29, 1.82) is 0 Å². The van der Waals surface area contributed by atoms with Gasteiger partial charge in [-0.25, -0.2) is 4.68 Å². The first-order valence-corrected chi connectivity index (χ1v) is 12.9. The molecule has 2 aliphatic rings. The van der Waals surface area contributed by atoms with Crippen LogP contribution in [0.3, 0.4) is 0 Å². The van der Waals surface area contributed by atoms with Crippen molar-refractivity contribution in [2.24, 2.45) is 0 Å². The first-order valence-electron chi connectivity index (χ1n) is 12.9. The number of aromatic nitrogens is 2. The van der Waals surface area contributed by atoms with Gasteiger partial charge in [0.2, 0.25) is 0 Å². The molecule has 0 N–H and O–H groups in total. The number of para-hydroxylation sites is 2. The molecule has 4 heterocycles. The Kier molecular flexibility index (Phi) is 7.74. The minimum Gasteiger partial charge on any atom is -0.495 e. The van der Waals surface area contributed by atoms with Gasteiger partial charge in [-0.1, -0.05) is 12.1 Å². The van der Waals surface area contributed by atoms with E-state index in [0.29, 0.717) is 38.5 Å². The number of nitrogens with zero attached hydrogens (tertiary/aromatic N) is 6. The van der Waals surface area contributed by atoms with E-state index in [-0.39, 0.29) is 11.5 Å². The highest BCUT2D eigenvalue weighted by molar-refractivity contribution is 5.91. The van der Waals surface area contributed by atoms with Crippen molar-refractivity contribution in [3.8, 4) is 5.75 Å². The Bertz CT molecular complexity index is 1230. The highest BCUT2D eigenvalue weighted by Crippen LogP contribution is 2.28. The summed E-state index contributed by atoms with van der Waals surface area (Å²) in [6.07, 6.45) is 2.37. The predicted octanol–water partition coefficient (Wildman–Crippen LogP) is 2.02. The maximum absolute atomic E-state index is 12.5. The Morgan fingerprint density at radius 2 is 1.65 bits per heavy atom. The largest absolute Gasteiger partial charge is 0.495 e. The van der Waals surface area contributed by atoms with E-state index >= 15 is 0 Å². The standard InChI is InChI=1S/C27H34N6O4/c1-36-23-7-3-2-6-22(23)30-15-13-29(14-16-30)11-5-12-33-26(34)10-9-25(28-33)31-17-19-32(20-18-31)27(35)24-8-4-21-37-24/h2-4,6-10,21H,5,11-20H2,1H3. The minimum absolute atomic E-state index is 0.0867. The van der Waals surface area contributed by atoms with Crippen LogP contribution in [-0.2, 0) is 6.54 Å². The number of carbonyl (C=O) groups excluding carboxylic acids is 1. The van der Waals surface area contributed by atoms with Gasteiger partial charge in [-0.15, -0.1) is 0 Å². The van der Waals surface area contributed by atoms with Crippen LogP contribution in [-0.4, -0.2) is 91.5 Å². The number of benzene rings is 1. The van der Waals surface area contributed by atoms with Gasteiger partial charge in [-0.05, 0) is 36.8 Å². The molecule has 0 unspecified atom stereocenters. The van der Waals surface area contributed by atoms with Gasteiger partial charge in [-0.3, -0.25) is 14.5 Å². The molecular formula is C27H34N6O4. The minimum atomic E-state index is -0.0914. The maximum Gasteiger partial charge on any atom is 0.289 e. The summed E-state index contributed by atoms with van der Waals surface area (Å²) in [5.41, 5.74) is 1.06. The Hall–Kier alpha value is -3.79. The zero-order chi connectivity index (χ0) is 25.6. The number of aryl methyl sites for hydroxylation is 1. The number of piperazine rings is 2. The number of ether oxygens (including phenoxy) is 1. The first-order chi connectivity index (χ1) is 18.1. The summed E-state index contributed by atoms with van der Waals surface area (Å²) >= 11 is 0. The molecule has 2 aromatic heterocycles. The van der Waals surface area contributed by atoms with Gasteiger partial charge in [0, 0.05) is 71.5 Å². The third kappa shape index (κ3) is 5.80. The summed E-state index contributed by atoms with van der Waals surface area (Å²) in [4.78, 5) is 33.7. The van der Waals surface area contributed by atoms with Gasteiger partial charge in [0.05, 0.1) is 19.1 Å². The number of carbonyl (C=O) groups is 1. The molecule has 2 aliphatic heterocycles. The fraction of sp³-hybridized carbons (Fsp3) is 0.444. The van der Waals surface area contributed by atoms with Crippen LogP contribution in [0.1, 0.15) is 17.0 Å². The molecular weight excluding hydrogens is 472 g/mol. The molecule has 2 saturated heterocycles. The van der Waals surface area contributed by atoms with Gasteiger partial charge in [-0.2, -0.15) is 5.10 Å². The van der Waals surface area contributed by atoms with E-state index in [1.54, 1.807) is 41.0 Å². The Labute approximate surface area is 216 Å². The second-order valence-corrected chi connectivity index (χ2v) is 9.36. The normalized spacial score (nSPS) is 16.7. The molecule has 10 nitrogen and oxygen atoms in total. The zero-order valence-corrected chi connectivity index (χ0v) is 21.3. The Morgan fingerprint density at radius 1 is 0.892 bits per heavy atom. The number of amides is 1. The van der Waals surface area contributed by atoms with Crippen molar-refractivity contribution >= 4 is 17.4 Å². The molecule has 0 aliphatic carbocycles. The second-order valence-electron chi connectivity index (χ2n) is 9.36. The van der Waals surface area contributed by atoms with E-state index in [1.807, 2.05) is 18.2 Å². The molecule has 10 heteroatoms. The van der Waals surface area contributed by atoms with Crippen LogP contribution < -0.4 is 20.1 Å². The number of furan rings is 1. The van der Waals surface area contributed by atoms with Crippen molar-refractivity contribution in [3.63, 3.8) is 0 Å². The highest BCUT2D eigenvalue weighted by atomic mass is 16.5. The first kappa shape index (κ1) is 24.9. The smallest absolute Gasteiger partial charge is 0.289 e. The number of hydrogen-bond donors (Lipinski definition) is 0. The fourth-order valence-electron chi connectivity index (χ4n) is 5.01. The molecule has 2 fully saturated rings. The van der Waals surface area contributed by atoms with E-state index in [0.717, 1.165) is 56.4 Å². The zero-order valence-electron chi connectivity index (χ0n) is 21.3. The van der Waals surface area contributed by atoms with Crippen LogP contribution in [0.25, 0.3) is 0 Å². The lowest BCUT2D eigenvalue weighted by Gasteiger charge is -2.36. The van der Waals surface area contributed by atoms with Crippen LogP contribution in [0.2, 0.25) is 0 Å². The van der Waals surface area contributed by atoms with Crippen LogP contribution in [0.5, 0.6) is 5.75 Å². The van der Waals surface area contributed by atoms with Crippen LogP contribution in [0.4, 0.5) is 11.5 Å². The maximum atomic E-state index is 12.5. The van der Waals surface area contributed by atoms with E-state index < -0.39 is 0 Å². The third-order valence-corrected chi connectivity index (χ3v) is 7.12. The van der Waals surface area contributed by atoms with Crippen molar-refractivity contribution < 1.29 is 13.9 Å². The monoisotopic (exact) mass is 506 g/mol.